The van der Waals surface area contributed by atoms with Crippen LogP contribution in [0.2, 0.25) is 10.2 Å². The lowest BCUT2D eigenvalue weighted by Crippen LogP contribution is -2.34. The maximum absolute atomic E-state index is 14.5. The lowest BCUT2D eigenvalue weighted by atomic mass is 10.2. The van der Waals surface area contributed by atoms with Crippen molar-refractivity contribution in [1.29, 1.82) is 0 Å². The van der Waals surface area contributed by atoms with E-state index in [0.717, 1.165) is 10.6 Å². The number of aromatic nitrogens is 6. The van der Waals surface area contributed by atoms with Crippen molar-refractivity contribution in [2.75, 3.05) is 11.5 Å². The van der Waals surface area contributed by atoms with Crippen LogP contribution in [0.1, 0.15) is 29.3 Å². The van der Waals surface area contributed by atoms with Gasteiger partial charge >= 0.3 is 0 Å². The molecule has 4 rings (SSSR count). The molecule has 0 saturated carbocycles. The van der Waals surface area contributed by atoms with E-state index in [9.17, 15) is 14.0 Å². The van der Waals surface area contributed by atoms with Gasteiger partial charge in [-0.25, -0.2) is 23.9 Å². The first kappa shape index (κ1) is 21.5. The molecule has 0 radical (unpaired) electrons. The molecule has 1 aromatic carbocycles. The third-order valence-electron chi connectivity index (χ3n) is 4.53. The number of aromatic amines is 1. The summed E-state index contributed by atoms with van der Waals surface area (Å²) in [4.78, 5) is 37.9. The molecule has 11 nitrogen and oxygen atoms in total. The fraction of sp³-hybridized carbons (Fsp3) is 0.111. The van der Waals surface area contributed by atoms with Crippen LogP contribution in [0.15, 0.2) is 29.2 Å². The Hall–Kier alpha value is -3.77. The number of nitrogen functional groups attached to an aromatic ring is 2. The largest absolute Gasteiger partial charge is 0.382 e. The molecule has 6 N–H and O–H groups in total. The van der Waals surface area contributed by atoms with Crippen LogP contribution in [0.4, 0.5) is 16.0 Å². The topological polar surface area (TPSA) is 170 Å². The van der Waals surface area contributed by atoms with E-state index in [4.69, 9.17) is 34.7 Å². The van der Waals surface area contributed by atoms with Crippen LogP contribution in [0.5, 0.6) is 0 Å². The predicted octanol–water partition coefficient (Wildman–Crippen LogP) is 2.00. The van der Waals surface area contributed by atoms with Gasteiger partial charge in [0.15, 0.2) is 22.5 Å². The number of amides is 1. The Balaban J connectivity index is 1.85. The zero-order chi connectivity index (χ0) is 23.2. The third-order valence-corrected chi connectivity index (χ3v) is 5.13. The number of hydrogen-bond donors (Lipinski definition) is 4. The van der Waals surface area contributed by atoms with Gasteiger partial charge in [-0.3, -0.25) is 14.7 Å². The van der Waals surface area contributed by atoms with Gasteiger partial charge in [-0.1, -0.05) is 23.2 Å². The number of rotatable bonds is 4. The Morgan fingerprint density at radius 3 is 2.62 bits per heavy atom. The van der Waals surface area contributed by atoms with Crippen molar-refractivity contribution in [3.63, 3.8) is 0 Å². The summed E-state index contributed by atoms with van der Waals surface area (Å²) in [6.45, 7) is 1.53. The molecular formula is C18H14Cl2FN9O2. The molecule has 0 unspecified atom stereocenters. The lowest BCUT2D eigenvalue weighted by Gasteiger charge is -2.19. The second kappa shape index (κ2) is 8.05. The minimum Gasteiger partial charge on any atom is -0.382 e. The van der Waals surface area contributed by atoms with E-state index in [-0.39, 0.29) is 50.1 Å². The summed E-state index contributed by atoms with van der Waals surface area (Å²) >= 11 is 12.0. The van der Waals surface area contributed by atoms with Crippen LogP contribution in [-0.4, -0.2) is 35.6 Å². The summed E-state index contributed by atoms with van der Waals surface area (Å²) in [6.07, 6.45) is 1.42. The van der Waals surface area contributed by atoms with Crippen LogP contribution >= 0.6 is 23.2 Å². The van der Waals surface area contributed by atoms with Crippen molar-refractivity contribution in [2.24, 2.45) is 0 Å². The van der Waals surface area contributed by atoms with Crippen molar-refractivity contribution >= 4 is 51.6 Å². The van der Waals surface area contributed by atoms with Gasteiger partial charge in [0.05, 0.1) is 22.6 Å². The highest BCUT2D eigenvalue weighted by atomic mass is 35.5. The Bertz CT molecular complexity index is 1420. The average molecular weight is 478 g/mol. The van der Waals surface area contributed by atoms with E-state index >= 15 is 0 Å². The first-order valence-corrected chi connectivity index (χ1v) is 9.74. The van der Waals surface area contributed by atoms with Gasteiger partial charge in [0.25, 0.3) is 11.5 Å². The van der Waals surface area contributed by atoms with Crippen molar-refractivity contribution in [3.05, 3.63) is 62.3 Å². The molecule has 0 saturated heterocycles. The highest BCUT2D eigenvalue weighted by Gasteiger charge is 2.25. The molecule has 3 aromatic heterocycles. The number of nitrogens with zero attached hydrogens (tertiary/aromatic N) is 5. The predicted molar refractivity (Wildman–Crippen MR) is 116 cm³/mol. The Morgan fingerprint density at radius 1 is 1.19 bits per heavy atom. The summed E-state index contributed by atoms with van der Waals surface area (Å²) < 4.78 is 15.6. The van der Waals surface area contributed by atoms with Gasteiger partial charge < -0.3 is 16.8 Å². The second-order valence-corrected chi connectivity index (χ2v) is 7.40. The highest BCUT2D eigenvalue weighted by molar-refractivity contribution is 6.35. The molecular weight excluding hydrogens is 464 g/mol. The molecule has 1 amide bonds. The number of halogens is 3. The number of carbonyl (C=O) groups excluding carboxylic acids is 1. The molecule has 0 bridgehead atoms. The smallest absolute Gasteiger partial charge is 0.274 e. The number of nitrogens with one attached hydrogen (secondary N) is 2. The van der Waals surface area contributed by atoms with E-state index in [2.05, 4.69) is 30.5 Å². The number of H-pyrrole nitrogens is 1. The molecule has 0 aliphatic carbocycles. The van der Waals surface area contributed by atoms with Gasteiger partial charge in [-0.05, 0) is 19.1 Å². The van der Waals surface area contributed by atoms with Crippen LogP contribution in [0.25, 0.3) is 16.7 Å². The van der Waals surface area contributed by atoms with Gasteiger partial charge in [-0.2, -0.15) is 5.10 Å². The van der Waals surface area contributed by atoms with Crippen molar-refractivity contribution < 1.29 is 9.18 Å². The van der Waals surface area contributed by atoms with Crippen molar-refractivity contribution in [1.82, 2.24) is 35.0 Å². The maximum atomic E-state index is 14.5. The number of carbonyl (C=O) groups is 1. The second-order valence-electron chi connectivity index (χ2n) is 6.63. The van der Waals surface area contributed by atoms with Gasteiger partial charge in [-0.15, -0.1) is 0 Å². The Labute approximate surface area is 188 Å². The number of hydrogen-bond acceptors (Lipinski definition) is 8. The zero-order valence-electron chi connectivity index (χ0n) is 16.2. The Morgan fingerprint density at radius 2 is 1.94 bits per heavy atom. The van der Waals surface area contributed by atoms with Crippen LogP contribution in [0.3, 0.4) is 0 Å². The quantitative estimate of drug-likeness (QED) is 0.345. The van der Waals surface area contributed by atoms with E-state index in [1.54, 1.807) is 0 Å². The Kier molecular flexibility index (Phi) is 5.40. The fourth-order valence-corrected chi connectivity index (χ4v) is 3.43. The minimum atomic E-state index is -0.932. The van der Waals surface area contributed by atoms with Crippen molar-refractivity contribution in [3.8, 4) is 5.82 Å². The molecule has 32 heavy (non-hydrogen) atoms. The fourth-order valence-electron chi connectivity index (χ4n) is 3.07. The molecule has 0 aliphatic rings. The normalized spacial score (nSPS) is 12.1. The summed E-state index contributed by atoms with van der Waals surface area (Å²) in [5, 5.41) is 8.77. The average Bonchev–Trinajstić information content (AvgIpc) is 3.27. The molecule has 164 valence electrons. The van der Waals surface area contributed by atoms with E-state index in [1.807, 2.05) is 0 Å². The van der Waals surface area contributed by atoms with E-state index in [0.29, 0.717) is 0 Å². The number of nitrogens with two attached hydrogens (primary N) is 2. The summed E-state index contributed by atoms with van der Waals surface area (Å²) in [6, 6.07) is 2.93. The first-order valence-electron chi connectivity index (χ1n) is 8.98. The standard InChI is InChI=1S/C18H14Cl2FN9O2/c1-6(25-17(31)12-14(22)28-15(23)13(20)26-12)16-27-11-8(21)3-2-7(19)10(11)18(32)30(16)9-4-5-24-29-9/h2-6H,1H3,(H,24,29)(H,25,31)(H4,22,23,28)/t6-/m0/s1. The third kappa shape index (κ3) is 3.59. The molecule has 1 atom stereocenters. The van der Waals surface area contributed by atoms with Crippen LogP contribution < -0.4 is 22.3 Å². The van der Waals surface area contributed by atoms with Gasteiger partial charge in [0.2, 0.25) is 0 Å². The number of benzene rings is 1. The minimum absolute atomic E-state index is 0.00524. The summed E-state index contributed by atoms with van der Waals surface area (Å²) in [7, 11) is 0. The lowest BCUT2D eigenvalue weighted by molar-refractivity contribution is 0.0933. The van der Waals surface area contributed by atoms with Gasteiger partial charge in [0, 0.05) is 6.07 Å². The molecule has 4 aromatic rings. The van der Waals surface area contributed by atoms with E-state index in [1.165, 1.54) is 25.3 Å². The molecule has 0 aliphatic heterocycles. The summed E-state index contributed by atoms with van der Waals surface area (Å²) in [5.74, 6) is -1.66. The zero-order valence-corrected chi connectivity index (χ0v) is 17.7. The maximum Gasteiger partial charge on any atom is 0.274 e. The highest BCUT2D eigenvalue weighted by Crippen LogP contribution is 2.25. The SMILES string of the molecule is C[C@H](NC(=O)c1nc(Cl)c(N)nc1N)c1nc2c(F)ccc(Cl)c2c(=O)n1-c1ccn[nH]1. The van der Waals surface area contributed by atoms with Gasteiger partial charge in [0.1, 0.15) is 23.0 Å². The molecule has 0 fully saturated rings. The monoisotopic (exact) mass is 477 g/mol. The first-order chi connectivity index (χ1) is 15.2. The van der Waals surface area contributed by atoms with Crippen LogP contribution in [0, 0.1) is 5.82 Å². The molecule has 0 spiro atoms. The van der Waals surface area contributed by atoms with Crippen molar-refractivity contribution in [2.45, 2.75) is 13.0 Å². The summed E-state index contributed by atoms with van der Waals surface area (Å²) in [5.41, 5.74) is 10.1. The number of anilines is 2. The van der Waals surface area contributed by atoms with E-state index < -0.39 is 23.3 Å². The van der Waals surface area contributed by atoms with Crippen LogP contribution in [-0.2, 0) is 0 Å². The number of fused-ring (bicyclic) bond motifs is 1. The molecule has 14 heteroatoms. The molecule has 3 heterocycles.